The Morgan fingerprint density at radius 1 is 1.39 bits per heavy atom. The summed E-state index contributed by atoms with van der Waals surface area (Å²) in [4.78, 5) is 23.6. The monoisotopic (exact) mass is 269 g/mol. The van der Waals surface area contributed by atoms with Crippen molar-refractivity contribution in [2.45, 2.75) is 25.1 Å². The summed E-state index contributed by atoms with van der Waals surface area (Å²) in [7, 11) is 1.40. The van der Waals surface area contributed by atoms with E-state index in [-0.39, 0.29) is 12.1 Å². The number of allylic oxidation sites excluding steroid dienone is 1. The zero-order chi connectivity index (χ0) is 13.9. The van der Waals surface area contributed by atoms with Crippen molar-refractivity contribution in [3.05, 3.63) is 11.9 Å². The molecule has 0 radical (unpaired) electrons. The summed E-state index contributed by atoms with van der Waals surface area (Å²) in [6.45, 7) is -0.936. The second-order valence-electron chi connectivity index (χ2n) is 3.80. The third-order valence-corrected chi connectivity index (χ3v) is 2.34. The minimum Gasteiger partial charge on any atom is -0.454 e. The molecule has 0 atom stereocenters. The van der Waals surface area contributed by atoms with Crippen LogP contribution >= 0.6 is 0 Å². The lowest BCUT2D eigenvalue weighted by molar-refractivity contribution is -0.159. The molecule has 0 unspecified atom stereocenters. The number of hydrogen-bond donors (Lipinski definition) is 0. The van der Waals surface area contributed by atoms with Gasteiger partial charge < -0.3 is 9.64 Å². The van der Waals surface area contributed by atoms with Gasteiger partial charge in [0.2, 0.25) is 5.83 Å². The van der Waals surface area contributed by atoms with Crippen LogP contribution in [0.5, 0.6) is 0 Å². The highest BCUT2D eigenvalue weighted by Gasteiger charge is 2.35. The van der Waals surface area contributed by atoms with Crippen LogP contribution in [0.15, 0.2) is 11.9 Å². The highest BCUT2D eigenvalue weighted by atomic mass is 19.4. The number of halogens is 4. The number of carbonyl (C=O) groups excluding carboxylic acids is 2. The standard InChI is InChI=1S/C10H11F4NO3/c1-15(6-2-3-6)8(16)9(17)18-5-4-7(11)10(12,13)14/h4,6H,2-3,5H2,1H3/b7-4-. The van der Waals surface area contributed by atoms with Crippen molar-refractivity contribution in [2.75, 3.05) is 13.7 Å². The first-order valence-corrected chi connectivity index (χ1v) is 5.10. The Morgan fingerprint density at radius 2 is 1.94 bits per heavy atom. The molecule has 102 valence electrons. The molecule has 0 aromatic carbocycles. The Kier molecular flexibility index (Phi) is 4.31. The molecule has 4 nitrogen and oxygen atoms in total. The fourth-order valence-corrected chi connectivity index (χ4v) is 1.14. The zero-order valence-corrected chi connectivity index (χ0v) is 9.46. The lowest BCUT2D eigenvalue weighted by Crippen LogP contribution is -2.36. The molecule has 1 rings (SSSR count). The number of hydrogen-bond acceptors (Lipinski definition) is 3. The summed E-state index contributed by atoms with van der Waals surface area (Å²) < 4.78 is 51.7. The van der Waals surface area contributed by atoms with Crippen molar-refractivity contribution in [1.29, 1.82) is 0 Å². The molecule has 0 heterocycles. The third-order valence-electron chi connectivity index (χ3n) is 2.34. The first-order valence-electron chi connectivity index (χ1n) is 5.10. The van der Waals surface area contributed by atoms with Crippen LogP contribution in [-0.4, -0.2) is 42.6 Å². The predicted octanol–water partition coefficient (Wildman–Crippen LogP) is 1.57. The first-order chi connectivity index (χ1) is 8.23. The molecule has 0 N–H and O–H groups in total. The molecular weight excluding hydrogens is 258 g/mol. The van der Waals surface area contributed by atoms with Crippen LogP contribution in [-0.2, 0) is 14.3 Å². The maximum Gasteiger partial charge on any atom is 0.442 e. The summed E-state index contributed by atoms with van der Waals surface area (Å²) in [5, 5.41) is 0. The molecule has 1 fully saturated rings. The Labute approximate surface area is 100 Å². The Hall–Kier alpha value is -1.60. The van der Waals surface area contributed by atoms with E-state index in [4.69, 9.17) is 0 Å². The first kappa shape index (κ1) is 14.5. The van der Waals surface area contributed by atoms with Crippen LogP contribution in [0.1, 0.15) is 12.8 Å². The number of esters is 1. The highest BCUT2D eigenvalue weighted by molar-refractivity contribution is 6.32. The van der Waals surface area contributed by atoms with Gasteiger partial charge in [0, 0.05) is 13.1 Å². The fourth-order valence-electron chi connectivity index (χ4n) is 1.14. The van der Waals surface area contributed by atoms with Gasteiger partial charge >= 0.3 is 18.1 Å². The predicted molar refractivity (Wildman–Crippen MR) is 52.0 cm³/mol. The quantitative estimate of drug-likeness (QED) is 0.444. The normalized spacial score (nSPS) is 16.4. The molecule has 0 bridgehead atoms. The number of nitrogens with zero attached hydrogens (tertiary/aromatic N) is 1. The fraction of sp³-hybridized carbons (Fsp3) is 0.600. The van der Waals surface area contributed by atoms with Crippen molar-refractivity contribution in [3.8, 4) is 0 Å². The van der Waals surface area contributed by atoms with Crippen molar-refractivity contribution in [3.63, 3.8) is 0 Å². The molecule has 1 aliphatic carbocycles. The van der Waals surface area contributed by atoms with Gasteiger partial charge in [-0.25, -0.2) is 9.18 Å². The zero-order valence-electron chi connectivity index (χ0n) is 9.46. The summed E-state index contributed by atoms with van der Waals surface area (Å²) in [6.07, 6.45) is -3.50. The van der Waals surface area contributed by atoms with Crippen LogP contribution in [0, 0.1) is 0 Å². The lowest BCUT2D eigenvalue weighted by atomic mass is 10.4. The molecule has 1 saturated carbocycles. The van der Waals surface area contributed by atoms with E-state index in [2.05, 4.69) is 4.74 Å². The van der Waals surface area contributed by atoms with E-state index in [1.54, 1.807) is 0 Å². The topological polar surface area (TPSA) is 46.6 Å². The van der Waals surface area contributed by atoms with E-state index >= 15 is 0 Å². The molecule has 1 aliphatic rings. The lowest BCUT2D eigenvalue weighted by Gasteiger charge is -2.14. The maximum absolute atomic E-state index is 12.3. The van der Waals surface area contributed by atoms with E-state index in [1.165, 1.54) is 7.05 Å². The maximum atomic E-state index is 12.3. The van der Waals surface area contributed by atoms with Gasteiger partial charge in [0.05, 0.1) is 0 Å². The minimum atomic E-state index is -5.11. The molecule has 0 aromatic heterocycles. The third kappa shape index (κ3) is 4.01. The van der Waals surface area contributed by atoms with E-state index in [1.807, 2.05) is 0 Å². The summed E-state index contributed by atoms with van der Waals surface area (Å²) in [5.74, 6) is -4.60. The number of alkyl halides is 3. The van der Waals surface area contributed by atoms with Crippen molar-refractivity contribution >= 4 is 11.9 Å². The second kappa shape index (κ2) is 5.36. The van der Waals surface area contributed by atoms with Crippen LogP contribution in [0.25, 0.3) is 0 Å². The Balaban J connectivity index is 2.39. The molecule has 8 heteroatoms. The minimum absolute atomic E-state index is 0.0208. The molecule has 1 amide bonds. The van der Waals surface area contributed by atoms with Gasteiger partial charge in [-0.05, 0) is 18.9 Å². The van der Waals surface area contributed by atoms with Crippen molar-refractivity contribution in [2.24, 2.45) is 0 Å². The molecular formula is C10H11F4NO3. The van der Waals surface area contributed by atoms with Crippen LogP contribution < -0.4 is 0 Å². The van der Waals surface area contributed by atoms with Gasteiger partial charge in [0.25, 0.3) is 0 Å². The van der Waals surface area contributed by atoms with Gasteiger partial charge in [0.1, 0.15) is 6.61 Å². The second-order valence-corrected chi connectivity index (χ2v) is 3.80. The Bertz CT molecular complexity index is 374. The van der Waals surface area contributed by atoms with Gasteiger partial charge in [-0.15, -0.1) is 0 Å². The number of carbonyl (C=O) groups is 2. The smallest absolute Gasteiger partial charge is 0.442 e. The van der Waals surface area contributed by atoms with Gasteiger partial charge in [-0.2, -0.15) is 13.2 Å². The molecule has 0 aromatic rings. The van der Waals surface area contributed by atoms with Gasteiger partial charge in [-0.3, -0.25) is 4.79 Å². The molecule has 18 heavy (non-hydrogen) atoms. The molecule has 0 aliphatic heterocycles. The largest absolute Gasteiger partial charge is 0.454 e. The van der Waals surface area contributed by atoms with E-state index in [0.29, 0.717) is 0 Å². The number of ether oxygens (including phenoxy) is 1. The SMILES string of the molecule is CN(C(=O)C(=O)OC/C=C(\F)C(F)(F)F)C1CC1. The van der Waals surface area contributed by atoms with Crippen LogP contribution in [0.2, 0.25) is 0 Å². The van der Waals surface area contributed by atoms with Crippen LogP contribution in [0.4, 0.5) is 17.6 Å². The van der Waals surface area contributed by atoms with Gasteiger partial charge in [0.15, 0.2) is 0 Å². The number of rotatable bonds is 3. The average Bonchev–Trinajstić information content (AvgIpc) is 3.09. The van der Waals surface area contributed by atoms with E-state index in [9.17, 15) is 27.2 Å². The number of likely N-dealkylation sites (N-methyl/N-ethyl adjacent to an activating group) is 1. The van der Waals surface area contributed by atoms with Crippen molar-refractivity contribution in [1.82, 2.24) is 4.90 Å². The Morgan fingerprint density at radius 3 is 2.39 bits per heavy atom. The molecule has 0 saturated heterocycles. The summed E-state index contributed by atoms with van der Waals surface area (Å²) >= 11 is 0. The molecule has 0 spiro atoms. The highest BCUT2D eigenvalue weighted by Crippen LogP contribution is 2.26. The van der Waals surface area contributed by atoms with E-state index in [0.717, 1.165) is 17.7 Å². The van der Waals surface area contributed by atoms with Crippen molar-refractivity contribution < 1.29 is 31.9 Å². The van der Waals surface area contributed by atoms with Gasteiger partial charge in [-0.1, -0.05) is 0 Å². The number of amides is 1. The van der Waals surface area contributed by atoms with Crippen LogP contribution in [0.3, 0.4) is 0 Å². The summed E-state index contributed by atoms with van der Waals surface area (Å²) in [6, 6.07) is -0.0208. The summed E-state index contributed by atoms with van der Waals surface area (Å²) in [5.41, 5.74) is 0. The van der Waals surface area contributed by atoms with E-state index < -0.39 is 30.5 Å². The average molecular weight is 269 g/mol.